The second-order valence-electron chi connectivity index (χ2n) is 2.80. The Balaban J connectivity index is 2.62. The summed E-state index contributed by atoms with van der Waals surface area (Å²) in [5.41, 5.74) is 0. The summed E-state index contributed by atoms with van der Waals surface area (Å²) in [6, 6.07) is 4.16. The van der Waals surface area contributed by atoms with Gasteiger partial charge in [-0.05, 0) is 17.4 Å². The van der Waals surface area contributed by atoms with E-state index in [0.717, 1.165) is 6.42 Å². The zero-order chi connectivity index (χ0) is 8.27. The van der Waals surface area contributed by atoms with Crippen LogP contribution in [0.1, 0.15) is 30.5 Å². The molecule has 0 nitrogen and oxygen atoms in total. The smallest absolute Gasteiger partial charge is 0.0703 e. The second-order valence-corrected chi connectivity index (χ2v) is 4.25. The van der Waals surface area contributed by atoms with Gasteiger partial charge in [0.2, 0.25) is 0 Å². The first-order valence-corrected chi connectivity index (χ1v) is 5.24. The molecule has 0 aliphatic carbocycles. The van der Waals surface area contributed by atoms with Crippen molar-refractivity contribution in [2.45, 2.75) is 25.6 Å². The Bertz CT molecular complexity index is 193. The van der Waals surface area contributed by atoms with E-state index in [1.807, 2.05) is 0 Å². The van der Waals surface area contributed by atoms with Crippen LogP contribution in [-0.4, -0.2) is 0 Å². The molecule has 1 aromatic heterocycles. The zero-order valence-corrected chi connectivity index (χ0v) is 8.45. The Morgan fingerprint density at radius 1 is 1.64 bits per heavy atom. The molecule has 0 aliphatic rings. The Morgan fingerprint density at radius 2 is 2.36 bits per heavy atom. The Kier molecular flexibility index (Phi) is 3.41. The summed E-state index contributed by atoms with van der Waals surface area (Å²) in [6.07, 6.45) is 1.14. The molecule has 1 aromatic rings. The molecule has 0 N–H and O–H groups in total. The number of halogens is 1. The average Bonchev–Trinajstić information content (AvgIpc) is 2.53. The first-order chi connectivity index (χ1) is 5.25. The van der Waals surface area contributed by atoms with Crippen LogP contribution in [0.3, 0.4) is 0 Å². The van der Waals surface area contributed by atoms with Gasteiger partial charge in [-0.25, -0.2) is 0 Å². The highest BCUT2D eigenvalue weighted by Gasteiger charge is 2.14. The van der Waals surface area contributed by atoms with E-state index in [9.17, 15) is 0 Å². The highest BCUT2D eigenvalue weighted by Crippen LogP contribution is 2.33. The SMILES string of the molecule is CCC(C)C(Cl)c1cccs1. The molecule has 0 aliphatic heterocycles. The molecule has 0 fully saturated rings. The lowest BCUT2D eigenvalue weighted by atomic mass is 10.0. The van der Waals surface area contributed by atoms with Gasteiger partial charge in [0, 0.05) is 4.88 Å². The molecule has 11 heavy (non-hydrogen) atoms. The minimum atomic E-state index is 0.208. The van der Waals surface area contributed by atoms with Crippen LogP contribution in [0, 0.1) is 5.92 Å². The quantitative estimate of drug-likeness (QED) is 0.628. The van der Waals surface area contributed by atoms with Crippen molar-refractivity contribution in [3.05, 3.63) is 22.4 Å². The summed E-state index contributed by atoms with van der Waals surface area (Å²) in [7, 11) is 0. The molecule has 0 saturated carbocycles. The normalized spacial score (nSPS) is 16.3. The lowest BCUT2D eigenvalue weighted by Crippen LogP contribution is -1.99. The van der Waals surface area contributed by atoms with E-state index in [1.165, 1.54) is 4.88 Å². The first-order valence-electron chi connectivity index (χ1n) is 3.93. The zero-order valence-electron chi connectivity index (χ0n) is 6.88. The van der Waals surface area contributed by atoms with Crippen LogP contribution in [0.2, 0.25) is 0 Å². The van der Waals surface area contributed by atoms with Gasteiger partial charge >= 0.3 is 0 Å². The van der Waals surface area contributed by atoms with Crippen molar-refractivity contribution in [2.75, 3.05) is 0 Å². The van der Waals surface area contributed by atoms with Crippen LogP contribution in [0.4, 0.5) is 0 Å². The number of alkyl halides is 1. The van der Waals surface area contributed by atoms with Crippen molar-refractivity contribution in [3.63, 3.8) is 0 Å². The maximum absolute atomic E-state index is 6.21. The van der Waals surface area contributed by atoms with Crippen molar-refractivity contribution in [1.82, 2.24) is 0 Å². The van der Waals surface area contributed by atoms with E-state index in [0.29, 0.717) is 5.92 Å². The van der Waals surface area contributed by atoms with E-state index in [4.69, 9.17) is 11.6 Å². The number of thiophene rings is 1. The largest absolute Gasteiger partial charge is 0.147 e. The fraction of sp³-hybridized carbons (Fsp3) is 0.556. The standard InChI is InChI=1S/C9H13ClS/c1-3-7(2)9(10)8-5-4-6-11-8/h4-7,9H,3H2,1-2H3. The van der Waals surface area contributed by atoms with Gasteiger partial charge in [-0.15, -0.1) is 22.9 Å². The highest BCUT2D eigenvalue weighted by atomic mass is 35.5. The van der Waals surface area contributed by atoms with E-state index < -0.39 is 0 Å². The predicted octanol–water partition coefficient (Wildman–Crippen LogP) is 4.07. The van der Waals surface area contributed by atoms with Crippen molar-refractivity contribution in [2.24, 2.45) is 5.92 Å². The van der Waals surface area contributed by atoms with E-state index in [1.54, 1.807) is 11.3 Å². The number of hydrogen-bond donors (Lipinski definition) is 0. The predicted molar refractivity (Wildman–Crippen MR) is 52.4 cm³/mol. The first kappa shape index (κ1) is 9.08. The molecular formula is C9H13ClS. The van der Waals surface area contributed by atoms with Crippen LogP contribution in [0.15, 0.2) is 17.5 Å². The van der Waals surface area contributed by atoms with Gasteiger partial charge in [-0.2, -0.15) is 0 Å². The lowest BCUT2D eigenvalue weighted by Gasteiger charge is -2.13. The molecule has 0 spiro atoms. The second kappa shape index (κ2) is 4.13. The number of hydrogen-bond acceptors (Lipinski definition) is 1. The molecule has 0 saturated heterocycles. The van der Waals surface area contributed by atoms with Crippen molar-refractivity contribution in [3.8, 4) is 0 Å². The van der Waals surface area contributed by atoms with E-state index in [2.05, 4.69) is 31.4 Å². The third-order valence-corrected chi connectivity index (χ3v) is 3.71. The molecule has 0 amide bonds. The fourth-order valence-electron chi connectivity index (χ4n) is 0.936. The Labute approximate surface area is 77.2 Å². The minimum Gasteiger partial charge on any atom is -0.147 e. The summed E-state index contributed by atoms with van der Waals surface area (Å²) in [4.78, 5) is 1.29. The monoisotopic (exact) mass is 188 g/mol. The van der Waals surface area contributed by atoms with Crippen LogP contribution >= 0.6 is 22.9 Å². The summed E-state index contributed by atoms with van der Waals surface area (Å²) in [5, 5.41) is 2.28. The van der Waals surface area contributed by atoms with Crippen LogP contribution < -0.4 is 0 Å². The Morgan fingerprint density at radius 3 is 2.82 bits per heavy atom. The summed E-state index contributed by atoms with van der Waals surface area (Å²) < 4.78 is 0. The molecule has 2 atom stereocenters. The van der Waals surface area contributed by atoms with Gasteiger partial charge in [0.05, 0.1) is 5.38 Å². The van der Waals surface area contributed by atoms with Gasteiger partial charge in [-0.3, -0.25) is 0 Å². The minimum absolute atomic E-state index is 0.208. The van der Waals surface area contributed by atoms with Crippen molar-refractivity contribution < 1.29 is 0 Å². The fourth-order valence-corrected chi connectivity index (χ4v) is 2.17. The molecule has 1 rings (SSSR count). The maximum Gasteiger partial charge on any atom is 0.0703 e. The lowest BCUT2D eigenvalue weighted by molar-refractivity contribution is 0.547. The highest BCUT2D eigenvalue weighted by molar-refractivity contribution is 7.10. The third kappa shape index (κ3) is 2.21. The molecule has 0 radical (unpaired) electrons. The van der Waals surface area contributed by atoms with Gasteiger partial charge < -0.3 is 0 Å². The van der Waals surface area contributed by atoms with Crippen LogP contribution in [0.5, 0.6) is 0 Å². The van der Waals surface area contributed by atoms with Crippen LogP contribution in [0.25, 0.3) is 0 Å². The van der Waals surface area contributed by atoms with Crippen LogP contribution in [-0.2, 0) is 0 Å². The Hall–Kier alpha value is -0.0100. The molecule has 62 valence electrons. The summed E-state index contributed by atoms with van der Waals surface area (Å²) in [5.74, 6) is 0.579. The molecule has 1 heterocycles. The van der Waals surface area contributed by atoms with Gasteiger partial charge in [0.15, 0.2) is 0 Å². The van der Waals surface area contributed by atoms with Gasteiger partial charge in [0.25, 0.3) is 0 Å². The number of rotatable bonds is 3. The summed E-state index contributed by atoms with van der Waals surface area (Å²) >= 11 is 7.95. The van der Waals surface area contributed by atoms with E-state index >= 15 is 0 Å². The van der Waals surface area contributed by atoms with Crippen molar-refractivity contribution in [1.29, 1.82) is 0 Å². The van der Waals surface area contributed by atoms with Gasteiger partial charge in [0.1, 0.15) is 0 Å². The third-order valence-electron chi connectivity index (χ3n) is 1.96. The van der Waals surface area contributed by atoms with Crippen molar-refractivity contribution >= 4 is 22.9 Å². The summed E-state index contributed by atoms with van der Waals surface area (Å²) in [6.45, 7) is 4.37. The molecule has 0 aromatic carbocycles. The van der Waals surface area contributed by atoms with E-state index in [-0.39, 0.29) is 5.38 Å². The topological polar surface area (TPSA) is 0 Å². The molecular weight excluding hydrogens is 176 g/mol. The molecule has 2 unspecified atom stereocenters. The molecule has 0 bridgehead atoms. The molecule has 2 heteroatoms. The maximum atomic E-state index is 6.21. The van der Waals surface area contributed by atoms with Gasteiger partial charge in [-0.1, -0.05) is 26.3 Å². The average molecular weight is 189 g/mol.